The summed E-state index contributed by atoms with van der Waals surface area (Å²) in [4.78, 5) is 35.6. The van der Waals surface area contributed by atoms with Gasteiger partial charge in [-0.25, -0.2) is 0 Å². The summed E-state index contributed by atoms with van der Waals surface area (Å²) < 4.78 is 0. The summed E-state index contributed by atoms with van der Waals surface area (Å²) in [5.41, 5.74) is 3.02. The van der Waals surface area contributed by atoms with Crippen LogP contribution in [0.1, 0.15) is 46.0 Å². The minimum atomic E-state index is -0.319. The highest BCUT2D eigenvalue weighted by Gasteiger charge is 2.16. The molecule has 1 aliphatic heterocycles. The molecule has 6 heteroatoms. The molecule has 5 nitrogen and oxygen atoms in total. The number of Topliss-reactive ketones (excluding diaryl/α,β-unsaturated/α-hetero) is 1. The lowest BCUT2D eigenvalue weighted by atomic mass is 10.0. The maximum absolute atomic E-state index is 12.5. The Bertz CT molecular complexity index is 877. The maximum atomic E-state index is 12.5. The third-order valence-corrected chi connectivity index (χ3v) is 4.44. The molecule has 0 saturated carbocycles. The third kappa shape index (κ3) is 3.88. The van der Waals surface area contributed by atoms with Crippen molar-refractivity contribution in [3.8, 4) is 0 Å². The largest absolute Gasteiger partial charge is 0.326 e. The summed E-state index contributed by atoms with van der Waals surface area (Å²) in [5, 5.41) is 5.94. The van der Waals surface area contributed by atoms with Gasteiger partial charge in [0.2, 0.25) is 5.91 Å². The minimum Gasteiger partial charge on any atom is -0.326 e. The quantitative estimate of drug-likeness (QED) is 0.814. The Balaban J connectivity index is 1.85. The van der Waals surface area contributed by atoms with Crippen molar-refractivity contribution < 1.29 is 14.4 Å². The Kier molecular flexibility index (Phi) is 4.86. The normalized spacial score (nSPS) is 13.4. The fraction of sp³-hybridized carbons (Fsp3) is 0.211. The van der Waals surface area contributed by atoms with E-state index in [-0.39, 0.29) is 17.6 Å². The molecule has 128 valence electrons. The van der Waals surface area contributed by atoms with Gasteiger partial charge in [-0.15, -0.1) is 0 Å². The molecule has 1 heterocycles. The smallest absolute Gasteiger partial charge is 0.255 e. The molecule has 0 radical (unpaired) electrons. The van der Waals surface area contributed by atoms with E-state index in [0.29, 0.717) is 28.3 Å². The van der Waals surface area contributed by atoms with Gasteiger partial charge in [-0.3, -0.25) is 14.4 Å². The molecule has 2 N–H and O–H groups in total. The molecule has 0 spiro atoms. The van der Waals surface area contributed by atoms with E-state index in [1.54, 1.807) is 36.4 Å². The molecule has 2 aromatic rings. The van der Waals surface area contributed by atoms with Crippen LogP contribution in [-0.2, 0) is 11.2 Å². The number of halogens is 1. The van der Waals surface area contributed by atoms with Crippen molar-refractivity contribution in [1.29, 1.82) is 0 Å². The molecular weight excluding hydrogens is 340 g/mol. The highest BCUT2D eigenvalue weighted by Crippen LogP contribution is 2.26. The maximum Gasteiger partial charge on any atom is 0.255 e. The second kappa shape index (κ2) is 7.07. The second-order valence-corrected chi connectivity index (χ2v) is 6.39. The minimum absolute atomic E-state index is 0.0104. The lowest BCUT2D eigenvalue weighted by molar-refractivity contribution is -0.116. The number of fused-ring (bicyclic) bond motifs is 1. The van der Waals surface area contributed by atoms with Gasteiger partial charge in [-0.05, 0) is 61.7 Å². The van der Waals surface area contributed by atoms with Crippen LogP contribution in [0.4, 0.5) is 11.4 Å². The molecular formula is C19H17ClN2O3. The van der Waals surface area contributed by atoms with Crippen LogP contribution >= 0.6 is 11.6 Å². The van der Waals surface area contributed by atoms with E-state index in [9.17, 15) is 14.4 Å². The van der Waals surface area contributed by atoms with Crippen molar-refractivity contribution in [2.45, 2.75) is 26.2 Å². The zero-order valence-electron chi connectivity index (χ0n) is 13.7. The van der Waals surface area contributed by atoms with Crippen LogP contribution in [-0.4, -0.2) is 17.6 Å². The third-order valence-electron chi connectivity index (χ3n) is 4.11. The van der Waals surface area contributed by atoms with Crippen molar-refractivity contribution in [3.05, 3.63) is 58.1 Å². The van der Waals surface area contributed by atoms with Gasteiger partial charge >= 0.3 is 0 Å². The van der Waals surface area contributed by atoms with Gasteiger partial charge in [0.05, 0.1) is 10.7 Å². The first-order chi connectivity index (χ1) is 11.9. The molecule has 2 amide bonds. The van der Waals surface area contributed by atoms with Crippen molar-refractivity contribution >= 4 is 40.6 Å². The molecule has 0 saturated heterocycles. The first-order valence-corrected chi connectivity index (χ1v) is 8.36. The van der Waals surface area contributed by atoms with Crippen LogP contribution in [0.2, 0.25) is 5.02 Å². The molecule has 2 aromatic carbocycles. The Hall–Kier alpha value is -2.66. The lowest BCUT2D eigenvalue weighted by Crippen LogP contribution is -2.14. The van der Waals surface area contributed by atoms with Crippen molar-refractivity contribution in [2.75, 3.05) is 10.6 Å². The molecule has 1 aliphatic rings. The average molecular weight is 357 g/mol. The second-order valence-electron chi connectivity index (χ2n) is 5.98. The fourth-order valence-electron chi connectivity index (χ4n) is 2.75. The standard InChI is InChI=1S/C19H17ClN2O3/c1-11(23)12-5-7-15(20)17(10-12)22-19(25)14-6-8-16-13(9-14)3-2-4-18(24)21-16/h5-10H,2-4H2,1H3,(H,21,24)(H,22,25). The number of amides is 2. The Labute approximate surface area is 150 Å². The number of anilines is 2. The van der Waals surface area contributed by atoms with Gasteiger partial charge in [-0.1, -0.05) is 11.6 Å². The van der Waals surface area contributed by atoms with Gasteiger partial charge in [0.15, 0.2) is 5.78 Å². The summed E-state index contributed by atoms with van der Waals surface area (Å²) in [5.74, 6) is -0.433. The van der Waals surface area contributed by atoms with Crippen LogP contribution in [0.15, 0.2) is 36.4 Å². The number of hydrogen-bond donors (Lipinski definition) is 2. The molecule has 0 aromatic heterocycles. The molecule has 0 aliphatic carbocycles. The van der Waals surface area contributed by atoms with E-state index in [1.807, 2.05) is 0 Å². The van der Waals surface area contributed by atoms with Crippen molar-refractivity contribution in [2.24, 2.45) is 0 Å². The molecule has 0 bridgehead atoms. The number of carbonyl (C=O) groups excluding carboxylic acids is 3. The van der Waals surface area contributed by atoms with Crippen molar-refractivity contribution in [1.82, 2.24) is 0 Å². The average Bonchev–Trinajstić information content (AvgIpc) is 2.76. The lowest BCUT2D eigenvalue weighted by Gasteiger charge is -2.11. The van der Waals surface area contributed by atoms with Crippen LogP contribution in [0.3, 0.4) is 0 Å². The number of ketones is 1. The molecule has 0 atom stereocenters. The highest BCUT2D eigenvalue weighted by molar-refractivity contribution is 6.34. The first kappa shape index (κ1) is 17.2. The monoisotopic (exact) mass is 356 g/mol. The fourth-order valence-corrected chi connectivity index (χ4v) is 2.92. The summed E-state index contributed by atoms with van der Waals surface area (Å²) in [6.45, 7) is 1.45. The zero-order chi connectivity index (χ0) is 18.0. The number of rotatable bonds is 3. The summed E-state index contributed by atoms with van der Waals surface area (Å²) in [6.07, 6.45) is 1.95. The van der Waals surface area contributed by atoms with E-state index >= 15 is 0 Å². The molecule has 0 unspecified atom stereocenters. The topological polar surface area (TPSA) is 75.3 Å². The van der Waals surface area contributed by atoms with Crippen molar-refractivity contribution in [3.63, 3.8) is 0 Å². The molecule has 0 fully saturated rings. The van der Waals surface area contributed by atoms with Gasteiger partial charge in [-0.2, -0.15) is 0 Å². The zero-order valence-corrected chi connectivity index (χ0v) is 14.4. The Morgan fingerprint density at radius 2 is 1.84 bits per heavy atom. The van der Waals surface area contributed by atoms with E-state index < -0.39 is 0 Å². The van der Waals surface area contributed by atoms with Gasteiger partial charge in [0.25, 0.3) is 5.91 Å². The van der Waals surface area contributed by atoms with E-state index in [1.165, 1.54) is 6.92 Å². The van der Waals surface area contributed by atoms with Crippen LogP contribution in [0.25, 0.3) is 0 Å². The van der Waals surface area contributed by atoms with E-state index in [4.69, 9.17) is 11.6 Å². The van der Waals surface area contributed by atoms with Crippen LogP contribution in [0, 0.1) is 0 Å². The van der Waals surface area contributed by atoms with Crippen LogP contribution in [0.5, 0.6) is 0 Å². The van der Waals surface area contributed by atoms with E-state index in [0.717, 1.165) is 24.1 Å². The Morgan fingerprint density at radius 1 is 1.08 bits per heavy atom. The number of hydrogen-bond acceptors (Lipinski definition) is 3. The summed E-state index contributed by atoms with van der Waals surface area (Å²) in [7, 11) is 0. The number of aryl methyl sites for hydroxylation is 1. The van der Waals surface area contributed by atoms with Gasteiger partial charge in [0, 0.05) is 23.2 Å². The molecule has 25 heavy (non-hydrogen) atoms. The Morgan fingerprint density at radius 3 is 2.60 bits per heavy atom. The van der Waals surface area contributed by atoms with Crippen LogP contribution < -0.4 is 10.6 Å². The predicted molar refractivity (Wildman–Crippen MR) is 97.4 cm³/mol. The number of carbonyl (C=O) groups is 3. The first-order valence-electron chi connectivity index (χ1n) is 7.98. The van der Waals surface area contributed by atoms with Gasteiger partial charge in [0.1, 0.15) is 0 Å². The predicted octanol–water partition coefficient (Wildman–Crippen LogP) is 4.07. The SMILES string of the molecule is CC(=O)c1ccc(Cl)c(NC(=O)c2ccc3c(c2)CCCC(=O)N3)c1. The van der Waals surface area contributed by atoms with E-state index in [2.05, 4.69) is 10.6 Å². The van der Waals surface area contributed by atoms with Gasteiger partial charge < -0.3 is 10.6 Å². The highest BCUT2D eigenvalue weighted by atomic mass is 35.5. The number of nitrogens with one attached hydrogen (secondary N) is 2. The summed E-state index contributed by atoms with van der Waals surface area (Å²) in [6, 6.07) is 9.93. The summed E-state index contributed by atoms with van der Waals surface area (Å²) >= 11 is 6.11. The number of benzene rings is 2. The molecule has 3 rings (SSSR count).